The summed E-state index contributed by atoms with van der Waals surface area (Å²) in [4.78, 5) is 11.7. The van der Waals surface area contributed by atoms with Gasteiger partial charge in [0.2, 0.25) is 0 Å². The second kappa shape index (κ2) is 5.75. The average molecular weight is 252 g/mol. The van der Waals surface area contributed by atoms with Crippen molar-refractivity contribution in [3.63, 3.8) is 0 Å². The standard InChI is InChI=1S/C10H20O5S/c1-5-15-7-6-8(11)9(10(2,3)4)16(12,13)14/h9H,5-7H2,1-4H3,(H,12,13,14). The molecule has 0 amide bonds. The van der Waals surface area contributed by atoms with Gasteiger partial charge in [-0.05, 0) is 12.3 Å². The van der Waals surface area contributed by atoms with E-state index in [-0.39, 0.29) is 13.0 Å². The van der Waals surface area contributed by atoms with E-state index in [1.54, 1.807) is 27.7 Å². The van der Waals surface area contributed by atoms with Gasteiger partial charge >= 0.3 is 0 Å². The lowest BCUT2D eigenvalue weighted by Gasteiger charge is -2.26. The van der Waals surface area contributed by atoms with Crippen LogP contribution in [0.4, 0.5) is 0 Å². The maximum Gasteiger partial charge on any atom is 0.275 e. The predicted molar refractivity (Wildman–Crippen MR) is 60.9 cm³/mol. The van der Waals surface area contributed by atoms with Crippen LogP contribution in [0.3, 0.4) is 0 Å². The van der Waals surface area contributed by atoms with Gasteiger partial charge in [0.05, 0.1) is 6.61 Å². The van der Waals surface area contributed by atoms with Crippen LogP contribution in [0.15, 0.2) is 0 Å². The summed E-state index contributed by atoms with van der Waals surface area (Å²) in [7, 11) is -4.36. The molecule has 5 nitrogen and oxygen atoms in total. The molecule has 0 aromatic carbocycles. The Kier molecular flexibility index (Phi) is 5.58. The van der Waals surface area contributed by atoms with Crippen LogP contribution < -0.4 is 0 Å². The molecule has 0 heterocycles. The first kappa shape index (κ1) is 15.5. The largest absolute Gasteiger partial charge is 0.381 e. The SMILES string of the molecule is CCOCCC(=O)C(C(C)(C)C)S(=O)(=O)O. The summed E-state index contributed by atoms with van der Waals surface area (Å²) in [6.07, 6.45) is -0.00440. The zero-order chi connectivity index (χ0) is 13.0. The predicted octanol–water partition coefficient (Wildman–Crippen LogP) is 1.28. The first-order chi connectivity index (χ1) is 7.10. The molecule has 0 aliphatic rings. The molecule has 0 fully saturated rings. The highest BCUT2D eigenvalue weighted by Gasteiger charge is 2.40. The number of Topliss-reactive ketones (excluding diaryl/α,β-unsaturated/α-hetero) is 1. The molecule has 1 N–H and O–H groups in total. The van der Waals surface area contributed by atoms with Gasteiger partial charge < -0.3 is 4.74 Å². The van der Waals surface area contributed by atoms with E-state index in [0.717, 1.165) is 0 Å². The third kappa shape index (κ3) is 5.05. The third-order valence-corrected chi connectivity index (χ3v) is 3.64. The minimum absolute atomic E-state index is 0.00440. The molecule has 0 bridgehead atoms. The molecular formula is C10H20O5S. The van der Waals surface area contributed by atoms with Gasteiger partial charge in [-0.15, -0.1) is 0 Å². The summed E-state index contributed by atoms with van der Waals surface area (Å²) in [6, 6.07) is 0. The van der Waals surface area contributed by atoms with E-state index < -0.39 is 26.6 Å². The highest BCUT2D eigenvalue weighted by molar-refractivity contribution is 7.87. The van der Waals surface area contributed by atoms with E-state index in [1.165, 1.54) is 0 Å². The first-order valence-corrected chi connectivity index (χ1v) is 6.67. The van der Waals surface area contributed by atoms with Gasteiger partial charge in [-0.3, -0.25) is 9.35 Å². The van der Waals surface area contributed by atoms with Crippen molar-refractivity contribution in [1.82, 2.24) is 0 Å². The zero-order valence-electron chi connectivity index (χ0n) is 10.2. The second-order valence-corrected chi connectivity index (χ2v) is 6.18. The molecule has 0 rings (SSSR count). The monoisotopic (exact) mass is 252 g/mol. The van der Waals surface area contributed by atoms with Crippen LogP contribution in [0.2, 0.25) is 0 Å². The Labute approximate surface area is 96.9 Å². The van der Waals surface area contributed by atoms with Crippen molar-refractivity contribution in [2.45, 2.75) is 39.4 Å². The lowest BCUT2D eigenvalue weighted by molar-refractivity contribution is -0.121. The Bertz CT molecular complexity index is 326. The van der Waals surface area contributed by atoms with Crippen molar-refractivity contribution in [3.05, 3.63) is 0 Å². The van der Waals surface area contributed by atoms with E-state index in [0.29, 0.717) is 6.61 Å². The minimum atomic E-state index is -4.36. The van der Waals surface area contributed by atoms with Gasteiger partial charge in [0.25, 0.3) is 10.1 Å². The van der Waals surface area contributed by atoms with Gasteiger partial charge in [0, 0.05) is 13.0 Å². The van der Waals surface area contributed by atoms with Crippen LogP contribution >= 0.6 is 0 Å². The van der Waals surface area contributed by atoms with Gasteiger partial charge in [-0.1, -0.05) is 20.8 Å². The summed E-state index contributed by atoms with van der Waals surface area (Å²) < 4.78 is 36.3. The van der Waals surface area contributed by atoms with Gasteiger partial charge in [-0.2, -0.15) is 8.42 Å². The fourth-order valence-corrected chi connectivity index (χ4v) is 2.89. The van der Waals surface area contributed by atoms with Crippen LogP contribution in [0.25, 0.3) is 0 Å². The number of carbonyl (C=O) groups is 1. The number of carbonyl (C=O) groups excluding carboxylic acids is 1. The Morgan fingerprint density at radius 2 is 1.88 bits per heavy atom. The quantitative estimate of drug-likeness (QED) is 0.569. The molecule has 0 aromatic heterocycles. The lowest BCUT2D eigenvalue weighted by Crippen LogP contribution is -2.41. The Hall–Kier alpha value is -0.460. The summed E-state index contributed by atoms with van der Waals surface area (Å²) in [5.41, 5.74) is -0.823. The molecule has 6 heteroatoms. The molecule has 0 saturated heterocycles. The number of ether oxygens (including phenoxy) is 1. The van der Waals surface area contributed by atoms with Crippen LogP contribution in [0.5, 0.6) is 0 Å². The minimum Gasteiger partial charge on any atom is -0.381 e. The molecule has 0 spiro atoms. The van der Waals surface area contributed by atoms with E-state index in [4.69, 9.17) is 9.29 Å². The molecule has 0 aromatic rings. The normalized spacial score (nSPS) is 14.8. The van der Waals surface area contributed by atoms with Crippen LogP contribution in [0, 0.1) is 5.41 Å². The van der Waals surface area contributed by atoms with Gasteiger partial charge in [0.15, 0.2) is 5.78 Å². The summed E-state index contributed by atoms with van der Waals surface area (Å²) >= 11 is 0. The van der Waals surface area contributed by atoms with Crippen molar-refractivity contribution < 1.29 is 22.5 Å². The molecule has 16 heavy (non-hydrogen) atoms. The first-order valence-electron chi connectivity index (χ1n) is 5.17. The number of rotatable bonds is 6. The smallest absolute Gasteiger partial charge is 0.275 e. The van der Waals surface area contributed by atoms with Gasteiger partial charge in [0.1, 0.15) is 5.25 Å². The molecule has 0 aliphatic carbocycles. The Morgan fingerprint density at radius 1 is 1.38 bits per heavy atom. The second-order valence-electron chi connectivity index (χ2n) is 4.67. The molecular weight excluding hydrogens is 232 g/mol. The zero-order valence-corrected chi connectivity index (χ0v) is 11.0. The van der Waals surface area contributed by atoms with Crippen molar-refractivity contribution in [2.24, 2.45) is 5.41 Å². The highest BCUT2D eigenvalue weighted by Crippen LogP contribution is 2.26. The van der Waals surface area contributed by atoms with E-state index in [1.807, 2.05) is 0 Å². The lowest BCUT2D eigenvalue weighted by atomic mass is 9.88. The summed E-state index contributed by atoms with van der Waals surface area (Å²) in [5.74, 6) is -0.511. The Balaban J connectivity index is 4.75. The number of hydrogen-bond donors (Lipinski definition) is 1. The molecule has 1 atom stereocenters. The van der Waals surface area contributed by atoms with Gasteiger partial charge in [-0.25, -0.2) is 0 Å². The van der Waals surface area contributed by atoms with Crippen LogP contribution in [-0.2, 0) is 19.6 Å². The van der Waals surface area contributed by atoms with Crippen molar-refractivity contribution in [2.75, 3.05) is 13.2 Å². The molecule has 0 saturated carbocycles. The summed E-state index contributed by atoms with van der Waals surface area (Å²) in [6.45, 7) is 7.24. The number of ketones is 1. The molecule has 1 unspecified atom stereocenters. The van der Waals surface area contributed by atoms with E-state index in [2.05, 4.69) is 0 Å². The average Bonchev–Trinajstić information content (AvgIpc) is 1.98. The van der Waals surface area contributed by atoms with E-state index in [9.17, 15) is 13.2 Å². The number of hydrogen-bond acceptors (Lipinski definition) is 4. The summed E-state index contributed by atoms with van der Waals surface area (Å²) in [5, 5.41) is -1.39. The maximum absolute atomic E-state index is 11.7. The van der Waals surface area contributed by atoms with Crippen LogP contribution in [0.1, 0.15) is 34.1 Å². The topological polar surface area (TPSA) is 80.7 Å². The maximum atomic E-state index is 11.7. The van der Waals surface area contributed by atoms with Crippen molar-refractivity contribution >= 4 is 15.9 Å². The Morgan fingerprint density at radius 3 is 2.19 bits per heavy atom. The van der Waals surface area contributed by atoms with E-state index >= 15 is 0 Å². The highest BCUT2D eigenvalue weighted by atomic mass is 32.2. The fourth-order valence-electron chi connectivity index (χ4n) is 1.54. The van der Waals surface area contributed by atoms with Crippen molar-refractivity contribution in [3.8, 4) is 0 Å². The molecule has 96 valence electrons. The molecule has 0 aliphatic heterocycles. The third-order valence-electron chi connectivity index (χ3n) is 2.07. The van der Waals surface area contributed by atoms with Crippen molar-refractivity contribution in [1.29, 1.82) is 0 Å². The van der Waals surface area contributed by atoms with Crippen LogP contribution in [-0.4, -0.2) is 37.2 Å². The fraction of sp³-hybridized carbons (Fsp3) is 0.900. The molecule has 0 radical (unpaired) electrons.